The fourth-order valence-corrected chi connectivity index (χ4v) is 2.90. The number of nitrogens with two attached hydrogens (primary N) is 1. The van der Waals surface area contributed by atoms with Gasteiger partial charge < -0.3 is 10.5 Å². The van der Waals surface area contributed by atoms with Crippen molar-refractivity contribution in [3.63, 3.8) is 0 Å². The lowest BCUT2D eigenvalue weighted by Crippen LogP contribution is -2.06. The maximum Gasteiger partial charge on any atom is 0.166 e. The fraction of sp³-hybridized carbons (Fsp3) is 0.0500. The van der Waals surface area contributed by atoms with Crippen molar-refractivity contribution in [1.82, 2.24) is 14.8 Å². The van der Waals surface area contributed by atoms with Gasteiger partial charge in [-0.3, -0.25) is 4.79 Å². The van der Waals surface area contributed by atoms with Gasteiger partial charge in [0.2, 0.25) is 0 Å². The third-order valence-electron chi connectivity index (χ3n) is 4.20. The largest absolute Gasteiger partial charge is 0.485 e. The van der Waals surface area contributed by atoms with Gasteiger partial charge in [-0.1, -0.05) is 0 Å². The summed E-state index contributed by atoms with van der Waals surface area (Å²) >= 11 is 0. The molecule has 6 nitrogen and oxygen atoms in total. The Labute approximate surface area is 158 Å². The number of hydrogen-bond donors (Lipinski definition) is 1. The number of rotatable bonds is 5. The van der Waals surface area contributed by atoms with E-state index < -0.39 is 11.6 Å². The van der Waals surface area contributed by atoms with Gasteiger partial charge >= 0.3 is 0 Å². The summed E-state index contributed by atoms with van der Waals surface area (Å²) in [4.78, 5) is 15.1. The highest BCUT2D eigenvalue weighted by Crippen LogP contribution is 2.28. The van der Waals surface area contributed by atoms with Crippen LogP contribution in [0.5, 0.6) is 5.75 Å². The molecule has 0 spiro atoms. The van der Waals surface area contributed by atoms with Gasteiger partial charge in [-0.2, -0.15) is 5.10 Å². The number of pyridine rings is 1. The van der Waals surface area contributed by atoms with E-state index in [0.717, 1.165) is 24.1 Å². The fourth-order valence-electron chi connectivity index (χ4n) is 2.90. The summed E-state index contributed by atoms with van der Waals surface area (Å²) in [5.41, 5.74) is 7.72. The molecule has 2 heterocycles. The number of nitrogens with zero attached hydrogens (tertiary/aromatic N) is 3. The van der Waals surface area contributed by atoms with Crippen LogP contribution in [0.25, 0.3) is 16.6 Å². The number of nitrogen functional groups attached to an aromatic ring is 1. The lowest BCUT2D eigenvalue weighted by molar-refractivity contribution is 0.112. The first-order valence-corrected chi connectivity index (χ1v) is 8.31. The number of halogens is 2. The molecule has 4 aromatic rings. The van der Waals surface area contributed by atoms with Gasteiger partial charge in [0.15, 0.2) is 17.4 Å². The maximum absolute atomic E-state index is 13.9. The molecule has 0 aliphatic carbocycles. The Hall–Kier alpha value is -3.81. The third kappa shape index (κ3) is 3.27. The van der Waals surface area contributed by atoms with E-state index >= 15 is 0 Å². The summed E-state index contributed by atoms with van der Waals surface area (Å²) < 4.78 is 34.8. The summed E-state index contributed by atoms with van der Waals surface area (Å²) in [6, 6.07) is 10.2. The van der Waals surface area contributed by atoms with Crippen molar-refractivity contribution in [1.29, 1.82) is 0 Å². The van der Waals surface area contributed by atoms with Crippen molar-refractivity contribution in [2.75, 3.05) is 5.73 Å². The van der Waals surface area contributed by atoms with E-state index in [2.05, 4.69) is 10.1 Å². The maximum atomic E-state index is 13.9. The zero-order valence-electron chi connectivity index (χ0n) is 14.5. The predicted octanol–water partition coefficient (Wildman–Crippen LogP) is 3.67. The Balaban J connectivity index is 1.70. The second-order valence-electron chi connectivity index (χ2n) is 6.08. The molecule has 0 bridgehead atoms. The summed E-state index contributed by atoms with van der Waals surface area (Å²) in [5, 5.41) is 4.42. The van der Waals surface area contributed by atoms with Crippen LogP contribution in [-0.4, -0.2) is 21.1 Å². The summed E-state index contributed by atoms with van der Waals surface area (Å²) in [6.45, 7) is 0.0477. The number of ether oxygens (including phenoxy) is 1. The second kappa shape index (κ2) is 7.07. The number of aldehydes is 1. The Bertz CT molecular complexity index is 1180. The van der Waals surface area contributed by atoms with E-state index in [1.807, 2.05) is 0 Å². The Morgan fingerprint density at radius 3 is 2.79 bits per heavy atom. The number of carbonyl (C=O) groups excluding carboxylic acids is 1. The molecule has 140 valence electrons. The predicted molar refractivity (Wildman–Crippen MR) is 99.4 cm³/mol. The molecular formula is C20H14F2N4O2. The average Bonchev–Trinajstić information content (AvgIpc) is 3.21. The standard InChI is InChI=1S/C20H14F2N4O2/c21-15-7-13-8-18(20(23)25-19(13)16(22)9-15)28-11-14-6-12(10-27)2-3-17(14)26-5-1-4-24-26/h1-10H,11H2,(H2,23,25). The van der Waals surface area contributed by atoms with E-state index in [1.165, 1.54) is 6.07 Å². The Kier molecular flexibility index (Phi) is 4.44. The van der Waals surface area contributed by atoms with Crippen molar-refractivity contribution in [2.24, 2.45) is 0 Å². The van der Waals surface area contributed by atoms with Crippen LogP contribution < -0.4 is 10.5 Å². The number of aromatic nitrogens is 3. The van der Waals surface area contributed by atoms with E-state index in [-0.39, 0.29) is 29.1 Å². The minimum absolute atomic E-state index is 0.0230. The number of carbonyl (C=O) groups is 1. The van der Waals surface area contributed by atoms with E-state index in [1.54, 1.807) is 41.3 Å². The van der Waals surface area contributed by atoms with E-state index in [0.29, 0.717) is 11.1 Å². The molecule has 8 heteroatoms. The van der Waals surface area contributed by atoms with Crippen LogP contribution in [0, 0.1) is 11.6 Å². The zero-order valence-corrected chi connectivity index (χ0v) is 14.5. The Morgan fingerprint density at radius 1 is 1.18 bits per heavy atom. The van der Waals surface area contributed by atoms with Crippen LogP contribution in [0.2, 0.25) is 0 Å². The molecule has 0 saturated carbocycles. The van der Waals surface area contributed by atoms with Gasteiger partial charge in [-0.05, 0) is 36.4 Å². The second-order valence-corrected chi connectivity index (χ2v) is 6.08. The highest BCUT2D eigenvalue weighted by molar-refractivity contribution is 5.83. The molecule has 0 radical (unpaired) electrons. The van der Waals surface area contributed by atoms with Crippen molar-refractivity contribution >= 4 is 23.0 Å². The van der Waals surface area contributed by atoms with Crippen LogP contribution in [0.1, 0.15) is 15.9 Å². The molecule has 0 unspecified atom stereocenters. The van der Waals surface area contributed by atoms with Crippen molar-refractivity contribution in [3.8, 4) is 11.4 Å². The van der Waals surface area contributed by atoms with Crippen molar-refractivity contribution in [3.05, 3.63) is 77.6 Å². The SMILES string of the molecule is Nc1nc2c(F)cc(F)cc2cc1OCc1cc(C=O)ccc1-n1cccn1. The van der Waals surface area contributed by atoms with Crippen molar-refractivity contribution in [2.45, 2.75) is 6.61 Å². The normalized spacial score (nSPS) is 10.9. The molecule has 4 rings (SSSR count). The molecule has 0 fully saturated rings. The summed E-state index contributed by atoms with van der Waals surface area (Å²) in [7, 11) is 0. The van der Waals surface area contributed by atoms with E-state index in [9.17, 15) is 13.6 Å². The highest BCUT2D eigenvalue weighted by atomic mass is 19.1. The third-order valence-corrected chi connectivity index (χ3v) is 4.20. The number of anilines is 1. The van der Waals surface area contributed by atoms with Gasteiger partial charge in [0, 0.05) is 35.0 Å². The zero-order chi connectivity index (χ0) is 19.7. The Morgan fingerprint density at radius 2 is 2.04 bits per heavy atom. The number of hydrogen-bond acceptors (Lipinski definition) is 5. The average molecular weight is 380 g/mol. The smallest absolute Gasteiger partial charge is 0.166 e. The molecular weight excluding hydrogens is 366 g/mol. The molecule has 28 heavy (non-hydrogen) atoms. The van der Waals surface area contributed by atoms with Crippen molar-refractivity contribution < 1.29 is 18.3 Å². The van der Waals surface area contributed by atoms with Gasteiger partial charge in [-0.15, -0.1) is 0 Å². The lowest BCUT2D eigenvalue weighted by atomic mass is 10.1. The molecule has 2 aromatic carbocycles. The minimum Gasteiger partial charge on any atom is -0.485 e. The van der Waals surface area contributed by atoms with Crippen LogP contribution in [0.15, 0.2) is 54.9 Å². The first-order chi connectivity index (χ1) is 13.5. The molecule has 0 amide bonds. The summed E-state index contributed by atoms with van der Waals surface area (Å²) in [5.74, 6) is -1.36. The van der Waals surface area contributed by atoms with Crippen LogP contribution in [0.3, 0.4) is 0 Å². The topological polar surface area (TPSA) is 83.0 Å². The highest BCUT2D eigenvalue weighted by Gasteiger charge is 2.13. The first kappa shape index (κ1) is 17.6. The van der Waals surface area contributed by atoms with Crippen LogP contribution >= 0.6 is 0 Å². The van der Waals surface area contributed by atoms with Gasteiger partial charge in [-0.25, -0.2) is 18.4 Å². The molecule has 0 atom stereocenters. The van der Waals surface area contributed by atoms with Gasteiger partial charge in [0.05, 0.1) is 5.69 Å². The molecule has 0 saturated heterocycles. The first-order valence-electron chi connectivity index (χ1n) is 8.31. The lowest BCUT2D eigenvalue weighted by Gasteiger charge is -2.13. The monoisotopic (exact) mass is 380 g/mol. The molecule has 0 aliphatic rings. The van der Waals surface area contributed by atoms with Gasteiger partial charge in [0.25, 0.3) is 0 Å². The minimum atomic E-state index is -0.798. The molecule has 0 aliphatic heterocycles. The quantitative estimate of drug-likeness (QED) is 0.534. The molecule has 2 aromatic heterocycles. The van der Waals surface area contributed by atoms with E-state index in [4.69, 9.17) is 10.5 Å². The molecule has 2 N–H and O–H groups in total. The van der Waals surface area contributed by atoms with Crippen LogP contribution in [-0.2, 0) is 6.61 Å². The van der Waals surface area contributed by atoms with Crippen LogP contribution in [0.4, 0.5) is 14.6 Å². The number of fused-ring (bicyclic) bond motifs is 1. The van der Waals surface area contributed by atoms with Gasteiger partial charge in [0.1, 0.15) is 24.2 Å². The summed E-state index contributed by atoms with van der Waals surface area (Å²) in [6.07, 6.45) is 4.12. The number of benzene rings is 2.